The summed E-state index contributed by atoms with van der Waals surface area (Å²) in [4.78, 5) is 1.39. The van der Waals surface area contributed by atoms with E-state index in [0.29, 0.717) is 0 Å². The highest BCUT2D eigenvalue weighted by Crippen LogP contribution is 2.31. The second-order valence-corrected chi connectivity index (χ2v) is 6.23. The number of hydrogen-bond acceptors (Lipinski definition) is 3. The first-order valence-electron chi connectivity index (χ1n) is 6.33. The molecule has 1 atom stereocenters. The van der Waals surface area contributed by atoms with Gasteiger partial charge in [0, 0.05) is 27.4 Å². The number of thiophene rings is 1. The van der Waals surface area contributed by atoms with Crippen molar-refractivity contribution in [3.63, 3.8) is 0 Å². The van der Waals surface area contributed by atoms with E-state index < -0.39 is 0 Å². The van der Waals surface area contributed by atoms with Crippen molar-refractivity contribution in [2.24, 2.45) is 0 Å². The predicted molar refractivity (Wildman–Crippen MR) is 85.1 cm³/mol. The maximum Gasteiger partial charge on any atom is 0.124 e. The molecular formula is C15H18BrNOS. The van der Waals surface area contributed by atoms with Crippen LogP contribution in [0.25, 0.3) is 0 Å². The molecule has 1 unspecified atom stereocenters. The number of hydrogen-bond donors (Lipinski definition) is 1. The third kappa shape index (κ3) is 3.81. The monoisotopic (exact) mass is 339 g/mol. The Kier molecular flexibility index (Phi) is 5.43. The number of ether oxygens (including phenoxy) is 1. The quantitative estimate of drug-likeness (QED) is 0.841. The lowest BCUT2D eigenvalue weighted by Crippen LogP contribution is -2.23. The van der Waals surface area contributed by atoms with E-state index in [4.69, 9.17) is 4.74 Å². The van der Waals surface area contributed by atoms with E-state index in [1.807, 2.05) is 6.07 Å². The zero-order chi connectivity index (χ0) is 13.7. The van der Waals surface area contributed by atoms with Gasteiger partial charge in [0.15, 0.2) is 0 Å². The standard InChI is InChI=1S/C15H18BrNOS/c1-3-17-14(10-12-5-4-8-19-12)13-7-6-11(16)9-15(13)18-2/h4-9,14,17H,3,10H2,1-2H3. The second kappa shape index (κ2) is 7.08. The Morgan fingerprint density at radius 1 is 1.37 bits per heavy atom. The van der Waals surface area contributed by atoms with Crippen LogP contribution in [0.1, 0.15) is 23.4 Å². The van der Waals surface area contributed by atoms with Gasteiger partial charge in [0.1, 0.15) is 5.75 Å². The molecule has 2 rings (SSSR count). The number of likely N-dealkylation sites (N-methyl/N-ethyl adjacent to an activating group) is 1. The van der Waals surface area contributed by atoms with E-state index in [1.165, 1.54) is 10.4 Å². The van der Waals surface area contributed by atoms with Gasteiger partial charge in [-0.15, -0.1) is 11.3 Å². The molecule has 0 aliphatic carbocycles. The van der Waals surface area contributed by atoms with Gasteiger partial charge < -0.3 is 10.1 Å². The lowest BCUT2D eigenvalue weighted by molar-refractivity contribution is 0.399. The highest BCUT2D eigenvalue weighted by Gasteiger charge is 2.16. The Labute approximate surface area is 126 Å². The molecule has 1 N–H and O–H groups in total. The largest absolute Gasteiger partial charge is 0.496 e. The van der Waals surface area contributed by atoms with Gasteiger partial charge >= 0.3 is 0 Å². The molecule has 0 aliphatic rings. The van der Waals surface area contributed by atoms with Gasteiger partial charge in [-0.3, -0.25) is 0 Å². The Morgan fingerprint density at radius 3 is 2.84 bits per heavy atom. The Balaban J connectivity index is 2.27. The Bertz CT molecular complexity index is 513. The molecule has 19 heavy (non-hydrogen) atoms. The molecule has 0 fully saturated rings. The summed E-state index contributed by atoms with van der Waals surface area (Å²) >= 11 is 5.29. The van der Waals surface area contributed by atoms with E-state index in [9.17, 15) is 0 Å². The molecule has 102 valence electrons. The molecule has 1 aromatic carbocycles. The van der Waals surface area contributed by atoms with Gasteiger partial charge in [0.25, 0.3) is 0 Å². The van der Waals surface area contributed by atoms with Crippen molar-refractivity contribution in [1.29, 1.82) is 0 Å². The van der Waals surface area contributed by atoms with Crippen molar-refractivity contribution in [3.8, 4) is 5.75 Å². The fourth-order valence-electron chi connectivity index (χ4n) is 2.14. The van der Waals surface area contributed by atoms with Gasteiger partial charge in [0.05, 0.1) is 7.11 Å². The lowest BCUT2D eigenvalue weighted by Gasteiger charge is -2.20. The van der Waals surface area contributed by atoms with Crippen LogP contribution in [0.4, 0.5) is 0 Å². The molecule has 1 aromatic heterocycles. The second-order valence-electron chi connectivity index (χ2n) is 4.28. The molecule has 1 heterocycles. The number of methoxy groups -OCH3 is 1. The molecule has 2 aromatic rings. The first-order valence-corrected chi connectivity index (χ1v) is 8.01. The summed E-state index contributed by atoms with van der Waals surface area (Å²) in [5, 5.41) is 5.66. The summed E-state index contributed by atoms with van der Waals surface area (Å²) in [5.41, 5.74) is 1.21. The van der Waals surface area contributed by atoms with Gasteiger partial charge in [-0.25, -0.2) is 0 Å². The summed E-state index contributed by atoms with van der Waals surface area (Å²) in [5.74, 6) is 0.928. The molecule has 2 nitrogen and oxygen atoms in total. The Morgan fingerprint density at radius 2 is 2.21 bits per heavy atom. The maximum atomic E-state index is 5.51. The summed E-state index contributed by atoms with van der Waals surface area (Å²) in [7, 11) is 1.72. The minimum absolute atomic E-state index is 0.284. The normalized spacial score (nSPS) is 12.4. The van der Waals surface area contributed by atoms with Crippen molar-refractivity contribution >= 4 is 27.3 Å². The topological polar surface area (TPSA) is 21.3 Å². The highest BCUT2D eigenvalue weighted by molar-refractivity contribution is 9.10. The number of nitrogens with one attached hydrogen (secondary N) is 1. The summed E-state index contributed by atoms with van der Waals surface area (Å²) in [6, 6.07) is 10.8. The van der Waals surface area contributed by atoms with Crippen LogP contribution < -0.4 is 10.1 Å². The first kappa shape index (κ1) is 14.6. The van der Waals surface area contributed by atoms with E-state index in [0.717, 1.165) is 23.2 Å². The van der Waals surface area contributed by atoms with Crippen molar-refractivity contribution in [1.82, 2.24) is 5.32 Å². The number of rotatable bonds is 6. The van der Waals surface area contributed by atoms with Crippen molar-refractivity contribution in [2.45, 2.75) is 19.4 Å². The average Bonchev–Trinajstić information content (AvgIpc) is 2.91. The zero-order valence-corrected chi connectivity index (χ0v) is 13.6. The lowest BCUT2D eigenvalue weighted by atomic mass is 10.0. The zero-order valence-electron chi connectivity index (χ0n) is 11.2. The highest BCUT2D eigenvalue weighted by atomic mass is 79.9. The molecule has 0 saturated heterocycles. The minimum atomic E-state index is 0.284. The van der Waals surface area contributed by atoms with Gasteiger partial charge in [-0.2, -0.15) is 0 Å². The molecular weight excluding hydrogens is 322 g/mol. The molecule has 0 spiro atoms. The molecule has 0 radical (unpaired) electrons. The van der Waals surface area contributed by atoms with Crippen LogP contribution in [0, 0.1) is 0 Å². The molecule has 4 heteroatoms. The first-order chi connectivity index (χ1) is 9.24. The average molecular weight is 340 g/mol. The molecule has 0 amide bonds. The van der Waals surface area contributed by atoms with Gasteiger partial charge in [-0.05, 0) is 30.1 Å². The number of halogens is 1. The van der Waals surface area contributed by atoms with Crippen LogP contribution in [-0.4, -0.2) is 13.7 Å². The molecule has 0 bridgehead atoms. The fraction of sp³-hybridized carbons (Fsp3) is 0.333. The Hall–Kier alpha value is -0.840. The van der Waals surface area contributed by atoms with Gasteiger partial charge in [0.2, 0.25) is 0 Å². The minimum Gasteiger partial charge on any atom is -0.496 e. The summed E-state index contributed by atoms with van der Waals surface area (Å²) < 4.78 is 6.55. The van der Waals surface area contributed by atoms with Crippen LogP contribution in [0.15, 0.2) is 40.2 Å². The van der Waals surface area contributed by atoms with E-state index in [2.05, 4.69) is 57.8 Å². The predicted octanol–water partition coefficient (Wildman–Crippen LogP) is 4.41. The molecule has 0 aliphatic heterocycles. The number of benzene rings is 1. The van der Waals surface area contributed by atoms with Crippen molar-refractivity contribution < 1.29 is 4.74 Å². The van der Waals surface area contributed by atoms with Crippen LogP contribution in [-0.2, 0) is 6.42 Å². The van der Waals surface area contributed by atoms with Crippen molar-refractivity contribution in [3.05, 3.63) is 50.6 Å². The maximum absolute atomic E-state index is 5.51. The van der Waals surface area contributed by atoms with Gasteiger partial charge in [-0.1, -0.05) is 35.0 Å². The van der Waals surface area contributed by atoms with E-state index >= 15 is 0 Å². The van der Waals surface area contributed by atoms with Crippen LogP contribution in [0.2, 0.25) is 0 Å². The SMILES string of the molecule is CCNC(Cc1cccs1)c1ccc(Br)cc1OC. The smallest absolute Gasteiger partial charge is 0.124 e. The van der Waals surface area contributed by atoms with Crippen molar-refractivity contribution in [2.75, 3.05) is 13.7 Å². The van der Waals surface area contributed by atoms with E-state index in [-0.39, 0.29) is 6.04 Å². The third-order valence-corrected chi connectivity index (χ3v) is 4.40. The van der Waals surface area contributed by atoms with Crippen LogP contribution in [0.5, 0.6) is 5.75 Å². The van der Waals surface area contributed by atoms with Crippen LogP contribution in [0.3, 0.4) is 0 Å². The summed E-state index contributed by atoms with van der Waals surface area (Å²) in [6.07, 6.45) is 0.990. The van der Waals surface area contributed by atoms with Crippen LogP contribution >= 0.6 is 27.3 Å². The molecule has 0 saturated carbocycles. The summed E-state index contributed by atoms with van der Waals surface area (Å²) in [6.45, 7) is 3.07. The van der Waals surface area contributed by atoms with E-state index in [1.54, 1.807) is 18.4 Å². The third-order valence-electron chi connectivity index (χ3n) is 3.01. The fourth-order valence-corrected chi connectivity index (χ4v) is 3.23.